The van der Waals surface area contributed by atoms with Gasteiger partial charge in [0, 0.05) is 17.5 Å². The zero-order valence-corrected chi connectivity index (χ0v) is 9.03. The fourth-order valence-corrected chi connectivity index (χ4v) is 3.55. The van der Waals surface area contributed by atoms with Crippen molar-refractivity contribution in [1.29, 1.82) is 0 Å². The average Bonchev–Trinajstić information content (AvgIpc) is 2.57. The zero-order chi connectivity index (χ0) is 9.15. The van der Waals surface area contributed by atoms with E-state index in [-0.39, 0.29) is 0 Å². The second-order valence-electron chi connectivity index (χ2n) is 3.49. The molecule has 1 fully saturated rings. The molecule has 0 spiro atoms. The van der Waals surface area contributed by atoms with Crippen molar-refractivity contribution in [3.63, 3.8) is 0 Å². The Morgan fingerprint density at radius 1 is 1.46 bits per heavy atom. The molecule has 1 aliphatic rings. The minimum atomic E-state index is -0.447. The lowest BCUT2D eigenvalue weighted by molar-refractivity contribution is 0.0331. The number of thioether (sulfide) groups is 1. The highest BCUT2D eigenvalue weighted by molar-refractivity contribution is 7.99. The lowest BCUT2D eigenvalue weighted by Gasteiger charge is -2.31. The van der Waals surface area contributed by atoms with Crippen molar-refractivity contribution in [1.82, 2.24) is 4.37 Å². The first-order valence-corrected chi connectivity index (χ1v) is 6.41. The molecule has 2 nitrogen and oxygen atoms in total. The van der Waals surface area contributed by atoms with Crippen LogP contribution >= 0.6 is 23.3 Å². The highest BCUT2D eigenvalue weighted by atomic mass is 32.2. The summed E-state index contributed by atoms with van der Waals surface area (Å²) in [6.07, 6.45) is 4.45. The van der Waals surface area contributed by atoms with Crippen molar-refractivity contribution < 1.29 is 5.11 Å². The van der Waals surface area contributed by atoms with E-state index in [4.69, 9.17) is 0 Å². The van der Waals surface area contributed by atoms with E-state index >= 15 is 0 Å². The van der Waals surface area contributed by atoms with E-state index in [2.05, 4.69) is 4.37 Å². The predicted octanol–water partition coefficient (Wildman–Crippen LogP) is 1.94. The Morgan fingerprint density at radius 2 is 2.23 bits per heavy atom. The molecule has 0 aliphatic carbocycles. The van der Waals surface area contributed by atoms with Gasteiger partial charge >= 0.3 is 0 Å². The number of nitrogens with zero attached hydrogens (tertiary/aromatic N) is 1. The van der Waals surface area contributed by atoms with Crippen molar-refractivity contribution in [3.8, 4) is 0 Å². The van der Waals surface area contributed by atoms with Crippen LogP contribution in [0.4, 0.5) is 0 Å². The summed E-state index contributed by atoms with van der Waals surface area (Å²) in [5.74, 6) is 2.19. The Bertz CT molecular complexity index is 255. The Kier molecular flexibility index (Phi) is 2.91. The largest absolute Gasteiger partial charge is 0.389 e. The second-order valence-corrected chi connectivity index (χ2v) is 5.63. The molecule has 2 heterocycles. The maximum absolute atomic E-state index is 10.2. The third kappa shape index (κ3) is 2.45. The molecule has 72 valence electrons. The Morgan fingerprint density at radius 3 is 2.85 bits per heavy atom. The van der Waals surface area contributed by atoms with Gasteiger partial charge in [-0.15, -0.1) is 0 Å². The zero-order valence-electron chi connectivity index (χ0n) is 7.40. The summed E-state index contributed by atoms with van der Waals surface area (Å²) in [5, 5.41) is 10.2. The fourth-order valence-electron chi connectivity index (χ4n) is 1.59. The van der Waals surface area contributed by atoms with Crippen LogP contribution in [0.1, 0.15) is 17.7 Å². The summed E-state index contributed by atoms with van der Waals surface area (Å²) in [5.41, 5.74) is -0.447. The highest BCUT2D eigenvalue weighted by Crippen LogP contribution is 2.30. The summed E-state index contributed by atoms with van der Waals surface area (Å²) < 4.78 is 4.04. The lowest BCUT2D eigenvalue weighted by Crippen LogP contribution is -2.35. The summed E-state index contributed by atoms with van der Waals surface area (Å²) >= 11 is 3.44. The molecule has 0 unspecified atom stereocenters. The van der Waals surface area contributed by atoms with Gasteiger partial charge in [-0.2, -0.15) is 11.8 Å². The summed E-state index contributed by atoms with van der Waals surface area (Å²) in [6.45, 7) is 0. The first kappa shape index (κ1) is 9.49. The maximum Gasteiger partial charge on any atom is 0.0712 e. The number of aromatic nitrogens is 1. The van der Waals surface area contributed by atoms with Gasteiger partial charge in [-0.3, -0.25) is 0 Å². The van der Waals surface area contributed by atoms with Gasteiger partial charge in [-0.1, -0.05) is 0 Å². The van der Waals surface area contributed by atoms with Crippen LogP contribution in [-0.2, 0) is 6.42 Å². The standard InChI is InChI=1S/C9H13NOS2/c11-9(2-5-12-6-3-9)7-8-1-4-10-13-8/h1,4,11H,2-3,5-7H2. The van der Waals surface area contributed by atoms with Crippen molar-refractivity contribution in [2.45, 2.75) is 24.9 Å². The summed E-state index contributed by atoms with van der Waals surface area (Å²) in [7, 11) is 0. The molecule has 1 saturated heterocycles. The molecule has 0 saturated carbocycles. The first-order valence-electron chi connectivity index (χ1n) is 4.48. The normalized spacial score (nSPS) is 21.6. The molecule has 4 heteroatoms. The smallest absolute Gasteiger partial charge is 0.0712 e. The SMILES string of the molecule is OC1(Cc2ccns2)CCSCC1. The summed E-state index contributed by atoms with van der Waals surface area (Å²) in [4.78, 5) is 1.20. The minimum absolute atomic E-state index is 0.447. The molecule has 0 aromatic carbocycles. The average molecular weight is 215 g/mol. The molecule has 0 amide bonds. The van der Waals surface area contributed by atoms with Gasteiger partial charge in [0.2, 0.25) is 0 Å². The van der Waals surface area contributed by atoms with Gasteiger partial charge in [-0.05, 0) is 41.9 Å². The van der Waals surface area contributed by atoms with E-state index in [1.54, 1.807) is 6.20 Å². The predicted molar refractivity (Wildman–Crippen MR) is 57.3 cm³/mol. The van der Waals surface area contributed by atoms with E-state index in [0.29, 0.717) is 0 Å². The van der Waals surface area contributed by atoms with Crippen molar-refractivity contribution in [2.75, 3.05) is 11.5 Å². The molecule has 13 heavy (non-hydrogen) atoms. The van der Waals surface area contributed by atoms with E-state index in [1.165, 1.54) is 16.4 Å². The van der Waals surface area contributed by atoms with Crippen LogP contribution in [0.25, 0.3) is 0 Å². The van der Waals surface area contributed by atoms with Gasteiger partial charge in [0.15, 0.2) is 0 Å². The molecule has 1 aromatic rings. The van der Waals surface area contributed by atoms with Crippen LogP contribution < -0.4 is 0 Å². The highest BCUT2D eigenvalue weighted by Gasteiger charge is 2.29. The Labute approximate surface area is 86.5 Å². The molecule has 1 N–H and O–H groups in total. The molecule has 1 aromatic heterocycles. The number of rotatable bonds is 2. The van der Waals surface area contributed by atoms with Crippen molar-refractivity contribution in [3.05, 3.63) is 17.1 Å². The first-order chi connectivity index (χ1) is 6.29. The van der Waals surface area contributed by atoms with E-state index in [0.717, 1.165) is 30.8 Å². The van der Waals surface area contributed by atoms with Crippen molar-refractivity contribution in [2.24, 2.45) is 0 Å². The fraction of sp³-hybridized carbons (Fsp3) is 0.667. The third-order valence-corrected chi connectivity index (χ3v) is 4.15. The van der Waals surface area contributed by atoms with E-state index in [9.17, 15) is 5.11 Å². The van der Waals surface area contributed by atoms with Gasteiger partial charge < -0.3 is 5.11 Å². The monoisotopic (exact) mass is 215 g/mol. The van der Waals surface area contributed by atoms with Crippen molar-refractivity contribution >= 4 is 23.3 Å². The van der Waals surface area contributed by atoms with Gasteiger partial charge in [-0.25, -0.2) is 4.37 Å². The molecule has 1 aliphatic heterocycles. The molecule has 0 radical (unpaired) electrons. The van der Waals surface area contributed by atoms with Gasteiger partial charge in [0.1, 0.15) is 0 Å². The summed E-state index contributed by atoms with van der Waals surface area (Å²) in [6, 6.07) is 2.00. The topological polar surface area (TPSA) is 33.1 Å². The van der Waals surface area contributed by atoms with Crippen LogP contribution in [0.5, 0.6) is 0 Å². The Balaban J connectivity index is 1.99. The molecule has 0 bridgehead atoms. The second kappa shape index (κ2) is 3.98. The van der Waals surface area contributed by atoms with Gasteiger partial charge in [0.25, 0.3) is 0 Å². The van der Waals surface area contributed by atoms with Crippen LogP contribution in [0.2, 0.25) is 0 Å². The quantitative estimate of drug-likeness (QED) is 0.818. The number of aliphatic hydroxyl groups is 1. The van der Waals surface area contributed by atoms with Gasteiger partial charge in [0.05, 0.1) is 5.60 Å². The molecular formula is C9H13NOS2. The number of hydrogen-bond acceptors (Lipinski definition) is 4. The molecule has 2 rings (SSSR count). The van der Waals surface area contributed by atoms with E-state index < -0.39 is 5.60 Å². The minimum Gasteiger partial charge on any atom is -0.389 e. The Hall–Kier alpha value is -0.0600. The third-order valence-electron chi connectivity index (χ3n) is 2.42. The molecule has 0 atom stereocenters. The van der Waals surface area contributed by atoms with Crippen LogP contribution in [-0.4, -0.2) is 26.6 Å². The van der Waals surface area contributed by atoms with E-state index in [1.807, 2.05) is 17.8 Å². The number of hydrogen-bond donors (Lipinski definition) is 1. The van der Waals surface area contributed by atoms with Crippen LogP contribution in [0.3, 0.4) is 0 Å². The lowest BCUT2D eigenvalue weighted by atomic mass is 9.92. The van der Waals surface area contributed by atoms with Crippen LogP contribution in [0, 0.1) is 0 Å². The van der Waals surface area contributed by atoms with Crippen LogP contribution in [0.15, 0.2) is 12.3 Å². The molecular weight excluding hydrogens is 202 g/mol. The maximum atomic E-state index is 10.2.